The van der Waals surface area contributed by atoms with E-state index in [-0.39, 0.29) is 5.11 Å². The second-order valence-electron chi connectivity index (χ2n) is 5.64. The van der Waals surface area contributed by atoms with Gasteiger partial charge in [0.2, 0.25) is 0 Å². The highest BCUT2D eigenvalue weighted by Crippen LogP contribution is 2.35. The maximum absolute atomic E-state index is 5.46. The molecule has 3 N–H and O–H groups in total. The summed E-state index contributed by atoms with van der Waals surface area (Å²) in [6.45, 7) is 1.96. The van der Waals surface area contributed by atoms with E-state index < -0.39 is 0 Å². The molecule has 4 heteroatoms. The number of thiocarbonyl (C=S) groups is 1. The van der Waals surface area contributed by atoms with Crippen molar-refractivity contribution in [3.05, 3.63) is 60.2 Å². The molecular formula is C19H15N3S. The number of hydrazone groups is 1. The van der Waals surface area contributed by atoms with Crippen molar-refractivity contribution in [1.29, 1.82) is 0 Å². The first kappa shape index (κ1) is 13.9. The SMILES string of the molecule is C/C(=N\NC(N)=S)c1ccc2ccc3cccc4ccc1c2c34. The summed E-state index contributed by atoms with van der Waals surface area (Å²) in [6.07, 6.45) is 0. The molecule has 4 rings (SSSR count). The van der Waals surface area contributed by atoms with Crippen molar-refractivity contribution in [3.63, 3.8) is 0 Å². The lowest BCUT2D eigenvalue weighted by molar-refractivity contribution is 1.03. The van der Waals surface area contributed by atoms with E-state index in [0.29, 0.717) is 0 Å². The summed E-state index contributed by atoms with van der Waals surface area (Å²) in [5.41, 5.74) is 10.1. The lowest BCUT2D eigenvalue weighted by Gasteiger charge is -2.13. The van der Waals surface area contributed by atoms with Gasteiger partial charge in [0.05, 0.1) is 5.71 Å². The molecular weight excluding hydrogens is 302 g/mol. The van der Waals surface area contributed by atoms with Crippen molar-refractivity contribution in [2.75, 3.05) is 0 Å². The molecule has 0 aliphatic rings. The van der Waals surface area contributed by atoms with Crippen LogP contribution in [0.2, 0.25) is 0 Å². The van der Waals surface area contributed by atoms with Crippen molar-refractivity contribution in [3.8, 4) is 0 Å². The van der Waals surface area contributed by atoms with Gasteiger partial charge in [-0.25, -0.2) is 0 Å². The number of hydrogen-bond donors (Lipinski definition) is 2. The Bertz CT molecular complexity index is 1070. The Morgan fingerprint density at radius 2 is 1.52 bits per heavy atom. The average molecular weight is 317 g/mol. The van der Waals surface area contributed by atoms with E-state index in [1.54, 1.807) is 0 Å². The highest BCUT2D eigenvalue weighted by molar-refractivity contribution is 7.80. The van der Waals surface area contributed by atoms with Crippen molar-refractivity contribution >= 4 is 55.4 Å². The van der Waals surface area contributed by atoms with Gasteiger partial charge in [-0.1, -0.05) is 54.6 Å². The first-order chi connectivity index (χ1) is 11.1. The number of nitrogens with zero attached hydrogens (tertiary/aromatic N) is 1. The molecule has 0 amide bonds. The molecule has 0 aliphatic carbocycles. The summed E-state index contributed by atoms with van der Waals surface area (Å²) >= 11 is 4.82. The molecule has 4 aromatic rings. The number of benzene rings is 4. The molecule has 0 bridgehead atoms. The van der Waals surface area contributed by atoms with E-state index in [9.17, 15) is 0 Å². The van der Waals surface area contributed by atoms with Crippen LogP contribution < -0.4 is 11.2 Å². The normalized spacial score (nSPS) is 12.3. The Morgan fingerprint density at radius 3 is 2.22 bits per heavy atom. The van der Waals surface area contributed by atoms with Crippen LogP contribution in [0, 0.1) is 0 Å². The number of rotatable bonds is 2. The van der Waals surface area contributed by atoms with Gasteiger partial charge in [0.15, 0.2) is 5.11 Å². The Morgan fingerprint density at radius 1 is 0.913 bits per heavy atom. The predicted octanol–water partition coefficient (Wildman–Crippen LogP) is 4.14. The monoisotopic (exact) mass is 317 g/mol. The second kappa shape index (κ2) is 5.18. The van der Waals surface area contributed by atoms with Gasteiger partial charge in [-0.15, -0.1) is 0 Å². The van der Waals surface area contributed by atoms with E-state index in [4.69, 9.17) is 18.0 Å². The summed E-state index contributed by atoms with van der Waals surface area (Å²) in [5, 5.41) is 12.0. The van der Waals surface area contributed by atoms with Gasteiger partial charge in [-0.3, -0.25) is 5.43 Å². The van der Waals surface area contributed by atoms with Crippen molar-refractivity contribution in [2.24, 2.45) is 10.8 Å². The summed E-state index contributed by atoms with van der Waals surface area (Å²) in [6, 6.07) is 19.3. The van der Waals surface area contributed by atoms with Crippen LogP contribution in [-0.2, 0) is 0 Å². The maximum Gasteiger partial charge on any atom is 0.184 e. The second-order valence-corrected chi connectivity index (χ2v) is 6.08. The minimum atomic E-state index is 0.169. The molecule has 0 saturated heterocycles. The highest BCUT2D eigenvalue weighted by Gasteiger charge is 2.11. The predicted molar refractivity (Wildman–Crippen MR) is 102 cm³/mol. The zero-order chi connectivity index (χ0) is 16.0. The van der Waals surface area contributed by atoms with Crippen LogP contribution in [0.5, 0.6) is 0 Å². The Kier molecular flexibility index (Phi) is 3.13. The minimum Gasteiger partial charge on any atom is -0.375 e. The van der Waals surface area contributed by atoms with Crippen LogP contribution in [0.3, 0.4) is 0 Å². The molecule has 0 radical (unpaired) electrons. The lowest BCUT2D eigenvalue weighted by Crippen LogP contribution is -2.25. The molecule has 0 spiro atoms. The van der Waals surface area contributed by atoms with Crippen LogP contribution in [-0.4, -0.2) is 10.8 Å². The third-order valence-corrected chi connectivity index (χ3v) is 4.34. The van der Waals surface area contributed by atoms with Gasteiger partial charge in [0.25, 0.3) is 0 Å². The lowest BCUT2D eigenvalue weighted by atomic mass is 9.91. The number of hydrogen-bond acceptors (Lipinski definition) is 2. The topological polar surface area (TPSA) is 50.4 Å². The zero-order valence-electron chi connectivity index (χ0n) is 12.6. The van der Waals surface area contributed by atoms with E-state index in [1.807, 2.05) is 6.92 Å². The minimum absolute atomic E-state index is 0.169. The van der Waals surface area contributed by atoms with Crippen molar-refractivity contribution in [2.45, 2.75) is 6.92 Å². The highest BCUT2D eigenvalue weighted by atomic mass is 32.1. The summed E-state index contributed by atoms with van der Waals surface area (Å²) < 4.78 is 0. The number of nitrogens with one attached hydrogen (secondary N) is 1. The molecule has 0 aliphatic heterocycles. The van der Waals surface area contributed by atoms with Crippen molar-refractivity contribution < 1.29 is 0 Å². The van der Waals surface area contributed by atoms with Crippen molar-refractivity contribution in [1.82, 2.24) is 5.43 Å². The number of nitrogens with two attached hydrogens (primary N) is 1. The van der Waals surface area contributed by atoms with Gasteiger partial charge >= 0.3 is 0 Å². The molecule has 0 heterocycles. The molecule has 0 aromatic heterocycles. The quantitative estimate of drug-likeness (QED) is 0.253. The van der Waals surface area contributed by atoms with Crippen LogP contribution >= 0.6 is 12.2 Å². The molecule has 0 fully saturated rings. The molecule has 0 saturated carbocycles. The standard InChI is InChI=1S/C19H15N3S/c1-11(21-22-19(20)23)15-9-7-14-6-5-12-3-2-4-13-8-10-16(15)18(14)17(12)13/h2-10H,1H3,(H3,20,22,23)/b21-11+. The van der Waals surface area contributed by atoms with E-state index in [1.165, 1.54) is 32.3 Å². The molecule has 4 aromatic carbocycles. The molecule has 0 atom stereocenters. The first-order valence-corrected chi connectivity index (χ1v) is 7.82. The average Bonchev–Trinajstić information content (AvgIpc) is 2.57. The van der Waals surface area contributed by atoms with Crippen LogP contribution in [0.15, 0.2) is 59.7 Å². The molecule has 3 nitrogen and oxygen atoms in total. The van der Waals surface area contributed by atoms with Gasteiger partial charge in [-0.2, -0.15) is 5.10 Å². The van der Waals surface area contributed by atoms with E-state index in [0.717, 1.165) is 11.3 Å². The van der Waals surface area contributed by atoms with Crippen LogP contribution in [0.4, 0.5) is 0 Å². The van der Waals surface area contributed by atoms with Gasteiger partial charge in [0, 0.05) is 5.56 Å². The zero-order valence-corrected chi connectivity index (χ0v) is 13.4. The van der Waals surface area contributed by atoms with E-state index in [2.05, 4.69) is 65.1 Å². The van der Waals surface area contributed by atoms with Gasteiger partial charge < -0.3 is 5.73 Å². The summed E-state index contributed by atoms with van der Waals surface area (Å²) in [7, 11) is 0. The molecule has 112 valence electrons. The fourth-order valence-electron chi connectivity index (χ4n) is 3.25. The van der Waals surface area contributed by atoms with E-state index >= 15 is 0 Å². The summed E-state index contributed by atoms with van der Waals surface area (Å²) in [5.74, 6) is 0. The molecule has 0 unspecified atom stereocenters. The maximum atomic E-state index is 5.46. The van der Waals surface area contributed by atoms with Gasteiger partial charge in [0.1, 0.15) is 0 Å². The first-order valence-electron chi connectivity index (χ1n) is 7.42. The fourth-order valence-corrected chi connectivity index (χ4v) is 3.30. The van der Waals surface area contributed by atoms with Gasteiger partial charge in [-0.05, 0) is 51.5 Å². The summed E-state index contributed by atoms with van der Waals surface area (Å²) in [4.78, 5) is 0. The van der Waals surface area contributed by atoms with Crippen LogP contribution in [0.25, 0.3) is 32.3 Å². The Hall–Kier alpha value is -2.72. The third kappa shape index (κ3) is 2.19. The molecule has 23 heavy (non-hydrogen) atoms. The fraction of sp³-hybridized carbons (Fsp3) is 0.0526. The Labute approximate surface area is 139 Å². The van der Waals surface area contributed by atoms with Crippen LogP contribution in [0.1, 0.15) is 12.5 Å². The Balaban J connectivity index is 2.07. The smallest absolute Gasteiger partial charge is 0.184 e. The third-order valence-electron chi connectivity index (χ3n) is 4.25. The largest absolute Gasteiger partial charge is 0.375 e.